The normalized spacial score (nSPS) is 13.7. The fourth-order valence-electron chi connectivity index (χ4n) is 2.45. The molecular formula is C18H20FN3O2. The third kappa shape index (κ3) is 4.52. The minimum atomic E-state index is -0.314. The van der Waals surface area contributed by atoms with Gasteiger partial charge in [-0.2, -0.15) is 0 Å². The van der Waals surface area contributed by atoms with Crippen molar-refractivity contribution in [2.75, 3.05) is 18.4 Å². The van der Waals surface area contributed by atoms with E-state index in [1.807, 2.05) is 0 Å². The number of aromatic nitrogens is 1. The molecule has 1 aromatic heterocycles. The first-order valence-electron chi connectivity index (χ1n) is 8.06. The van der Waals surface area contributed by atoms with Crippen LogP contribution in [0.1, 0.15) is 18.4 Å². The lowest BCUT2D eigenvalue weighted by molar-refractivity contribution is -0.115. The zero-order valence-corrected chi connectivity index (χ0v) is 13.3. The highest BCUT2D eigenvalue weighted by atomic mass is 19.1. The number of halogens is 1. The summed E-state index contributed by atoms with van der Waals surface area (Å²) >= 11 is 0. The first-order valence-corrected chi connectivity index (χ1v) is 8.06. The third-order valence-corrected chi connectivity index (χ3v) is 3.98. The Bertz CT molecular complexity index is 767. The summed E-state index contributed by atoms with van der Waals surface area (Å²) in [5.41, 5.74) is 0.781. The van der Waals surface area contributed by atoms with Gasteiger partial charge in [-0.3, -0.25) is 9.59 Å². The first kappa shape index (κ1) is 16.4. The van der Waals surface area contributed by atoms with E-state index in [4.69, 9.17) is 0 Å². The molecule has 1 heterocycles. The van der Waals surface area contributed by atoms with Crippen LogP contribution in [-0.4, -0.2) is 23.6 Å². The topological polar surface area (TPSA) is 63.1 Å². The smallest absolute Gasteiger partial charge is 0.274 e. The number of carbonyl (C=O) groups is 1. The molecule has 6 heteroatoms. The van der Waals surface area contributed by atoms with Gasteiger partial charge in [-0.05, 0) is 55.1 Å². The zero-order chi connectivity index (χ0) is 16.9. The summed E-state index contributed by atoms with van der Waals surface area (Å²) in [6.45, 7) is 1.36. The summed E-state index contributed by atoms with van der Waals surface area (Å²) < 4.78 is 14.4. The lowest BCUT2D eigenvalue weighted by Gasteiger charge is -2.10. The van der Waals surface area contributed by atoms with Gasteiger partial charge in [0, 0.05) is 6.20 Å². The van der Waals surface area contributed by atoms with Crippen molar-refractivity contribution in [3.63, 3.8) is 0 Å². The van der Waals surface area contributed by atoms with Gasteiger partial charge in [0.1, 0.15) is 11.5 Å². The summed E-state index contributed by atoms with van der Waals surface area (Å²) in [4.78, 5) is 24.3. The van der Waals surface area contributed by atoms with Gasteiger partial charge < -0.3 is 15.2 Å². The molecule has 1 aliphatic rings. The van der Waals surface area contributed by atoms with Crippen molar-refractivity contribution in [2.45, 2.75) is 19.4 Å². The number of anilines is 1. The molecule has 2 N–H and O–H groups in total. The maximum Gasteiger partial charge on any atom is 0.274 e. The standard InChI is InChI=1S/C18H20FN3O2/c19-15-7-5-14(6-8-15)12-22-9-1-2-16(18(22)24)21-17(23)11-20-10-13-3-4-13/h1-2,5-9,13,20H,3-4,10-12H2,(H,21,23). The minimum absolute atomic E-state index is 0.197. The molecule has 1 amide bonds. The molecule has 0 aliphatic heterocycles. The largest absolute Gasteiger partial charge is 0.320 e. The van der Waals surface area contributed by atoms with E-state index >= 15 is 0 Å². The van der Waals surface area contributed by atoms with E-state index in [1.54, 1.807) is 30.5 Å². The zero-order valence-electron chi connectivity index (χ0n) is 13.3. The summed E-state index contributed by atoms with van der Waals surface area (Å²) in [5.74, 6) is 0.153. The van der Waals surface area contributed by atoms with Crippen molar-refractivity contribution in [3.8, 4) is 0 Å². The number of nitrogens with one attached hydrogen (secondary N) is 2. The van der Waals surface area contributed by atoms with Crippen molar-refractivity contribution in [3.05, 3.63) is 64.3 Å². The van der Waals surface area contributed by atoms with Crippen molar-refractivity contribution >= 4 is 11.6 Å². The van der Waals surface area contributed by atoms with Crippen LogP contribution < -0.4 is 16.2 Å². The summed E-state index contributed by atoms with van der Waals surface area (Å²) in [6.07, 6.45) is 4.09. The Morgan fingerprint density at radius 1 is 1.21 bits per heavy atom. The Balaban J connectivity index is 1.62. The number of amides is 1. The van der Waals surface area contributed by atoms with Crippen LogP contribution >= 0.6 is 0 Å². The molecule has 1 fully saturated rings. The average molecular weight is 329 g/mol. The Hall–Kier alpha value is -2.47. The average Bonchev–Trinajstić information content (AvgIpc) is 3.38. The number of hydrogen-bond donors (Lipinski definition) is 2. The second-order valence-corrected chi connectivity index (χ2v) is 6.10. The summed E-state index contributed by atoms with van der Waals surface area (Å²) in [6, 6.07) is 9.28. The lowest BCUT2D eigenvalue weighted by atomic mass is 10.2. The quantitative estimate of drug-likeness (QED) is 0.816. The molecule has 0 spiro atoms. The van der Waals surface area contributed by atoms with Gasteiger partial charge in [0.15, 0.2) is 0 Å². The van der Waals surface area contributed by atoms with Crippen LogP contribution in [0.3, 0.4) is 0 Å². The van der Waals surface area contributed by atoms with Gasteiger partial charge in [0.05, 0.1) is 13.1 Å². The maximum atomic E-state index is 12.9. The van der Waals surface area contributed by atoms with Gasteiger partial charge in [0.25, 0.3) is 5.56 Å². The van der Waals surface area contributed by atoms with Gasteiger partial charge in [0.2, 0.25) is 5.91 Å². The molecule has 1 aromatic carbocycles. The molecule has 5 nitrogen and oxygen atoms in total. The Morgan fingerprint density at radius 3 is 2.67 bits per heavy atom. The van der Waals surface area contributed by atoms with Crippen LogP contribution in [0.15, 0.2) is 47.4 Å². The van der Waals surface area contributed by atoms with Crippen LogP contribution in [0.25, 0.3) is 0 Å². The number of rotatable bonds is 7. The predicted octanol–water partition coefficient (Wildman–Crippen LogP) is 1.97. The Labute approximate surface area is 139 Å². The van der Waals surface area contributed by atoms with Gasteiger partial charge in [-0.25, -0.2) is 4.39 Å². The number of nitrogens with zero attached hydrogens (tertiary/aromatic N) is 1. The first-order chi connectivity index (χ1) is 11.6. The molecule has 0 unspecified atom stereocenters. The Morgan fingerprint density at radius 2 is 1.96 bits per heavy atom. The molecule has 0 bridgehead atoms. The molecule has 2 aromatic rings. The number of benzene rings is 1. The minimum Gasteiger partial charge on any atom is -0.320 e. The molecule has 126 valence electrons. The number of pyridine rings is 1. The molecule has 24 heavy (non-hydrogen) atoms. The second-order valence-electron chi connectivity index (χ2n) is 6.10. The van der Waals surface area contributed by atoms with E-state index in [-0.39, 0.29) is 29.5 Å². The van der Waals surface area contributed by atoms with Crippen LogP contribution in [0.2, 0.25) is 0 Å². The molecule has 1 aliphatic carbocycles. The summed E-state index contributed by atoms with van der Waals surface area (Å²) in [5, 5.41) is 5.74. The van der Waals surface area contributed by atoms with E-state index in [0.29, 0.717) is 12.5 Å². The third-order valence-electron chi connectivity index (χ3n) is 3.98. The highest BCUT2D eigenvalue weighted by molar-refractivity contribution is 5.92. The lowest BCUT2D eigenvalue weighted by Crippen LogP contribution is -2.32. The Kier molecular flexibility index (Phi) is 5.05. The van der Waals surface area contributed by atoms with E-state index in [0.717, 1.165) is 12.1 Å². The number of carbonyl (C=O) groups excluding carboxylic acids is 1. The van der Waals surface area contributed by atoms with Crippen molar-refractivity contribution in [2.24, 2.45) is 5.92 Å². The van der Waals surface area contributed by atoms with Crippen molar-refractivity contribution in [1.82, 2.24) is 9.88 Å². The fraction of sp³-hybridized carbons (Fsp3) is 0.333. The van der Waals surface area contributed by atoms with Gasteiger partial charge >= 0.3 is 0 Å². The van der Waals surface area contributed by atoms with Crippen LogP contribution in [0.5, 0.6) is 0 Å². The fourth-order valence-corrected chi connectivity index (χ4v) is 2.45. The highest BCUT2D eigenvalue weighted by Crippen LogP contribution is 2.27. The van der Waals surface area contributed by atoms with Crippen LogP contribution in [0.4, 0.5) is 10.1 Å². The molecule has 0 saturated heterocycles. The van der Waals surface area contributed by atoms with Crippen LogP contribution in [0, 0.1) is 11.7 Å². The maximum absolute atomic E-state index is 12.9. The highest BCUT2D eigenvalue weighted by Gasteiger charge is 2.20. The predicted molar refractivity (Wildman–Crippen MR) is 90.4 cm³/mol. The van der Waals surface area contributed by atoms with E-state index in [9.17, 15) is 14.0 Å². The molecular weight excluding hydrogens is 309 g/mol. The molecule has 1 saturated carbocycles. The van der Waals surface area contributed by atoms with E-state index in [1.165, 1.54) is 29.5 Å². The molecule has 0 radical (unpaired) electrons. The second kappa shape index (κ2) is 7.40. The van der Waals surface area contributed by atoms with Crippen LogP contribution in [-0.2, 0) is 11.3 Å². The van der Waals surface area contributed by atoms with E-state index in [2.05, 4.69) is 10.6 Å². The van der Waals surface area contributed by atoms with Gasteiger partial charge in [-0.15, -0.1) is 0 Å². The van der Waals surface area contributed by atoms with Crippen molar-refractivity contribution in [1.29, 1.82) is 0 Å². The monoisotopic (exact) mass is 329 g/mol. The van der Waals surface area contributed by atoms with Crippen molar-refractivity contribution < 1.29 is 9.18 Å². The SMILES string of the molecule is O=C(CNCC1CC1)Nc1cccn(Cc2ccc(F)cc2)c1=O. The summed E-state index contributed by atoms with van der Waals surface area (Å²) in [7, 11) is 0. The molecule has 3 rings (SSSR count). The number of hydrogen-bond acceptors (Lipinski definition) is 3. The molecule has 0 atom stereocenters. The van der Waals surface area contributed by atoms with Gasteiger partial charge in [-0.1, -0.05) is 12.1 Å². The van der Waals surface area contributed by atoms with E-state index < -0.39 is 0 Å².